The number of aliphatic hydroxyl groups is 1. The van der Waals surface area contributed by atoms with Gasteiger partial charge in [-0.15, -0.1) is 0 Å². The Morgan fingerprint density at radius 2 is 2.18 bits per heavy atom. The molecule has 1 aliphatic heterocycles. The molecule has 0 bridgehead atoms. The third-order valence-corrected chi connectivity index (χ3v) is 4.76. The Balaban J connectivity index is 1.95. The van der Waals surface area contributed by atoms with E-state index >= 15 is 0 Å². The Kier molecular flexibility index (Phi) is 4.45. The molecular formula is C14H28N2O. The molecule has 2 fully saturated rings. The molecule has 0 radical (unpaired) electrons. The minimum absolute atomic E-state index is 0.0105. The van der Waals surface area contributed by atoms with Crippen LogP contribution in [0.1, 0.15) is 52.4 Å². The average molecular weight is 240 g/mol. The van der Waals surface area contributed by atoms with E-state index in [4.69, 9.17) is 0 Å². The first-order valence-electron chi connectivity index (χ1n) is 7.32. The van der Waals surface area contributed by atoms with Gasteiger partial charge < -0.3 is 10.4 Å². The summed E-state index contributed by atoms with van der Waals surface area (Å²) in [6.07, 6.45) is 7.60. The SMILES string of the molecule is CCNC1(CO)CCC(N2CCCCC2C)C1. The normalized spacial score (nSPS) is 39.7. The smallest absolute Gasteiger partial charge is 0.0613 e. The summed E-state index contributed by atoms with van der Waals surface area (Å²) >= 11 is 0. The van der Waals surface area contributed by atoms with Crippen LogP contribution in [0.2, 0.25) is 0 Å². The molecule has 1 heterocycles. The minimum Gasteiger partial charge on any atom is -0.394 e. The van der Waals surface area contributed by atoms with Crippen LogP contribution < -0.4 is 5.32 Å². The first-order valence-corrected chi connectivity index (χ1v) is 7.32. The van der Waals surface area contributed by atoms with Crippen molar-refractivity contribution < 1.29 is 5.11 Å². The Bertz CT molecular complexity index is 246. The highest BCUT2D eigenvalue weighted by atomic mass is 16.3. The van der Waals surface area contributed by atoms with E-state index in [1.807, 2.05) is 0 Å². The van der Waals surface area contributed by atoms with Crippen LogP contribution in [0.4, 0.5) is 0 Å². The molecule has 1 aliphatic carbocycles. The minimum atomic E-state index is 0.0105. The van der Waals surface area contributed by atoms with Gasteiger partial charge in [-0.2, -0.15) is 0 Å². The number of likely N-dealkylation sites (N-methyl/N-ethyl adjacent to an activating group) is 1. The summed E-state index contributed by atoms with van der Waals surface area (Å²) in [6.45, 7) is 7.02. The predicted molar refractivity (Wildman–Crippen MR) is 71.2 cm³/mol. The van der Waals surface area contributed by atoms with E-state index < -0.39 is 0 Å². The maximum Gasteiger partial charge on any atom is 0.0613 e. The van der Waals surface area contributed by atoms with Gasteiger partial charge in [-0.1, -0.05) is 13.3 Å². The van der Waals surface area contributed by atoms with Gasteiger partial charge in [-0.25, -0.2) is 0 Å². The Morgan fingerprint density at radius 3 is 2.82 bits per heavy atom. The Morgan fingerprint density at radius 1 is 1.35 bits per heavy atom. The van der Waals surface area contributed by atoms with Gasteiger partial charge in [0.05, 0.1) is 6.61 Å². The summed E-state index contributed by atoms with van der Waals surface area (Å²) in [5, 5.41) is 13.2. The van der Waals surface area contributed by atoms with Crippen molar-refractivity contribution in [2.75, 3.05) is 19.7 Å². The second kappa shape index (κ2) is 5.68. The van der Waals surface area contributed by atoms with Crippen LogP contribution in [0.5, 0.6) is 0 Å². The van der Waals surface area contributed by atoms with Gasteiger partial charge in [-0.3, -0.25) is 4.90 Å². The van der Waals surface area contributed by atoms with Gasteiger partial charge in [-0.05, 0) is 52.1 Å². The summed E-state index contributed by atoms with van der Waals surface area (Å²) < 4.78 is 0. The van der Waals surface area contributed by atoms with Crippen LogP contribution in [-0.2, 0) is 0 Å². The zero-order valence-corrected chi connectivity index (χ0v) is 11.4. The molecule has 3 nitrogen and oxygen atoms in total. The van der Waals surface area contributed by atoms with E-state index in [1.54, 1.807) is 0 Å². The molecule has 3 unspecified atom stereocenters. The van der Waals surface area contributed by atoms with Crippen LogP contribution >= 0.6 is 0 Å². The van der Waals surface area contributed by atoms with Crippen LogP contribution in [0.3, 0.4) is 0 Å². The topological polar surface area (TPSA) is 35.5 Å². The van der Waals surface area contributed by atoms with Crippen LogP contribution in [0.25, 0.3) is 0 Å². The van der Waals surface area contributed by atoms with Crippen molar-refractivity contribution in [3.8, 4) is 0 Å². The van der Waals surface area contributed by atoms with Gasteiger partial charge in [0.1, 0.15) is 0 Å². The fourth-order valence-electron chi connectivity index (χ4n) is 3.78. The number of piperidine rings is 1. The quantitative estimate of drug-likeness (QED) is 0.786. The maximum atomic E-state index is 9.65. The van der Waals surface area contributed by atoms with Crippen molar-refractivity contribution in [3.63, 3.8) is 0 Å². The van der Waals surface area contributed by atoms with Gasteiger partial charge in [0, 0.05) is 17.6 Å². The third-order valence-electron chi connectivity index (χ3n) is 4.76. The molecule has 3 atom stereocenters. The van der Waals surface area contributed by atoms with Crippen molar-refractivity contribution in [2.45, 2.75) is 70.0 Å². The number of hydrogen-bond donors (Lipinski definition) is 2. The number of nitrogens with zero attached hydrogens (tertiary/aromatic N) is 1. The van der Waals surface area contributed by atoms with Crippen LogP contribution in [0.15, 0.2) is 0 Å². The predicted octanol–water partition coefficient (Wildman–Crippen LogP) is 1.75. The molecule has 0 aromatic heterocycles. The van der Waals surface area contributed by atoms with Gasteiger partial charge in [0.15, 0.2) is 0 Å². The highest BCUT2D eigenvalue weighted by Gasteiger charge is 2.41. The molecule has 2 rings (SSSR count). The second-order valence-electron chi connectivity index (χ2n) is 5.95. The fourth-order valence-corrected chi connectivity index (χ4v) is 3.78. The van der Waals surface area contributed by atoms with E-state index in [2.05, 4.69) is 24.1 Å². The third kappa shape index (κ3) is 2.83. The lowest BCUT2D eigenvalue weighted by atomic mass is 9.96. The monoisotopic (exact) mass is 240 g/mol. The molecular weight excluding hydrogens is 212 g/mol. The lowest BCUT2D eigenvalue weighted by Gasteiger charge is -2.39. The second-order valence-corrected chi connectivity index (χ2v) is 5.95. The van der Waals surface area contributed by atoms with Crippen molar-refractivity contribution in [2.24, 2.45) is 0 Å². The van der Waals surface area contributed by atoms with Crippen LogP contribution in [0, 0.1) is 0 Å². The largest absolute Gasteiger partial charge is 0.394 e. The molecule has 3 heteroatoms. The molecule has 2 N–H and O–H groups in total. The summed E-state index contributed by atoms with van der Waals surface area (Å²) in [4.78, 5) is 2.69. The fraction of sp³-hybridized carbons (Fsp3) is 1.00. The molecule has 0 aromatic carbocycles. The molecule has 1 saturated heterocycles. The molecule has 17 heavy (non-hydrogen) atoms. The summed E-state index contributed by atoms with van der Waals surface area (Å²) in [7, 11) is 0. The standard InChI is InChI=1S/C14H28N2O/c1-3-15-14(11-17)8-7-13(10-14)16-9-5-4-6-12(16)2/h12-13,15,17H,3-11H2,1-2H3. The highest BCUT2D eigenvalue weighted by molar-refractivity contribution is 5.00. The lowest BCUT2D eigenvalue weighted by molar-refractivity contribution is 0.0937. The Hall–Kier alpha value is -0.120. The maximum absolute atomic E-state index is 9.65. The number of likely N-dealkylation sites (tertiary alicyclic amines) is 1. The number of aliphatic hydroxyl groups excluding tert-OH is 1. The zero-order chi connectivity index (χ0) is 12.3. The molecule has 0 aromatic rings. The first kappa shape index (κ1) is 13.3. The van der Waals surface area contributed by atoms with E-state index in [0.29, 0.717) is 12.6 Å². The van der Waals surface area contributed by atoms with Crippen molar-refractivity contribution in [1.82, 2.24) is 10.2 Å². The van der Waals surface area contributed by atoms with Gasteiger partial charge in [0.25, 0.3) is 0 Å². The van der Waals surface area contributed by atoms with Crippen molar-refractivity contribution >= 4 is 0 Å². The van der Waals surface area contributed by atoms with Crippen molar-refractivity contribution in [1.29, 1.82) is 0 Å². The van der Waals surface area contributed by atoms with Crippen molar-refractivity contribution in [3.05, 3.63) is 0 Å². The lowest BCUT2D eigenvalue weighted by Crippen LogP contribution is -2.49. The van der Waals surface area contributed by atoms with E-state index in [0.717, 1.165) is 25.4 Å². The van der Waals surface area contributed by atoms with E-state index in [9.17, 15) is 5.11 Å². The summed E-state index contributed by atoms with van der Waals surface area (Å²) in [5.74, 6) is 0. The zero-order valence-electron chi connectivity index (χ0n) is 11.4. The molecule has 1 saturated carbocycles. The highest BCUT2D eigenvalue weighted by Crippen LogP contribution is 2.35. The molecule has 0 amide bonds. The van der Waals surface area contributed by atoms with Crippen LogP contribution in [-0.4, -0.2) is 47.3 Å². The average Bonchev–Trinajstić information content (AvgIpc) is 2.75. The number of hydrogen-bond acceptors (Lipinski definition) is 3. The van der Waals surface area contributed by atoms with Gasteiger partial charge in [0.2, 0.25) is 0 Å². The summed E-state index contributed by atoms with van der Waals surface area (Å²) in [6, 6.07) is 1.43. The Labute approximate surface area is 106 Å². The molecule has 0 spiro atoms. The first-order chi connectivity index (χ1) is 8.21. The van der Waals surface area contributed by atoms with E-state index in [-0.39, 0.29) is 5.54 Å². The number of rotatable bonds is 4. The van der Waals surface area contributed by atoms with E-state index in [1.165, 1.54) is 32.2 Å². The molecule has 2 aliphatic rings. The molecule has 100 valence electrons. The van der Waals surface area contributed by atoms with Gasteiger partial charge >= 0.3 is 0 Å². The summed E-state index contributed by atoms with van der Waals surface area (Å²) in [5.41, 5.74) is 0.0105. The number of nitrogens with one attached hydrogen (secondary N) is 1.